The Balaban J connectivity index is 2.01. The Morgan fingerprint density at radius 2 is 1.94 bits per heavy atom. The molecule has 1 fully saturated rings. The van der Waals surface area contributed by atoms with Gasteiger partial charge in [0.2, 0.25) is 0 Å². The van der Waals surface area contributed by atoms with Gasteiger partial charge in [-0.3, -0.25) is 0 Å². The molecule has 2 heteroatoms. The topological polar surface area (TPSA) is 12.5 Å². The lowest BCUT2D eigenvalue weighted by Crippen LogP contribution is -2.22. The van der Waals surface area contributed by atoms with E-state index in [1.165, 1.54) is 58.2 Å². The van der Waals surface area contributed by atoms with Crippen molar-refractivity contribution in [1.82, 2.24) is 4.90 Å². The summed E-state index contributed by atoms with van der Waals surface area (Å²) in [5, 5.41) is 0. The van der Waals surface area contributed by atoms with Crippen molar-refractivity contribution >= 4 is 0 Å². The van der Waals surface area contributed by atoms with Gasteiger partial charge >= 0.3 is 0 Å². The second kappa shape index (κ2) is 8.16. The first-order valence-electron chi connectivity index (χ1n) is 7.87. The summed E-state index contributed by atoms with van der Waals surface area (Å²) >= 11 is 0. The molecule has 1 aliphatic heterocycles. The van der Waals surface area contributed by atoms with Crippen LogP contribution >= 0.6 is 0 Å². The average Bonchev–Trinajstić information content (AvgIpc) is 2.72. The summed E-state index contributed by atoms with van der Waals surface area (Å²) < 4.78 is 5.78. The Kier molecular flexibility index (Phi) is 7.25. The fourth-order valence-corrected chi connectivity index (χ4v) is 2.69. The minimum atomic E-state index is 0.0296. The molecule has 0 radical (unpaired) electrons. The second-order valence-electron chi connectivity index (χ2n) is 6.77. The number of hydrogen-bond donors (Lipinski definition) is 0. The van der Waals surface area contributed by atoms with E-state index in [4.69, 9.17) is 4.74 Å². The monoisotopic (exact) mass is 255 g/mol. The van der Waals surface area contributed by atoms with Gasteiger partial charge in [0.1, 0.15) is 0 Å². The van der Waals surface area contributed by atoms with Crippen molar-refractivity contribution in [2.45, 2.75) is 71.8 Å². The third-order valence-electron chi connectivity index (χ3n) is 3.74. The van der Waals surface area contributed by atoms with Crippen LogP contribution < -0.4 is 0 Å². The largest absolute Gasteiger partial charge is 0.376 e. The molecule has 0 aromatic heterocycles. The van der Waals surface area contributed by atoms with Crippen LogP contribution in [0.1, 0.15) is 66.2 Å². The van der Waals surface area contributed by atoms with E-state index in [9.17, 15) is 0 Å². The second-order valence-corrected chi connectivity index (χ2v) is 6.77. The highest BCUT2D eigenvalue weighted by Gasteiger charge is 2.21. The van der Waals surface area contributed by atoms with E-state index in [2.05, 4.69) is 32.6 Å². The zero-order valence-corrected chi connectivity index (χ0v) is 13.0. The van der Waals surface area contributed by atoms with Crippen LogP contribution in [0.5, 0.6) is 0 Å². The number of hydrogen-bond acceptors (Lipinski definition) is 2. The number of unbranched alkanes of at least 4 members (excludes halogenated alkanes) is 2. The minimum Gasteiger partial charge on any atom is -0.376 e. The van der Waals surface area contributed by atoms with Crippen LogP contribution in [0.2, 0.25) is 0 Å². The first-order chi connectivity index (χ1) is 8.51. The highest BCUT2D eigenvalue weighted by molar-refractivity contribution is 4.75. The van der Waals surface area contributed by atoms with Crippen molar-refractivity contribution in [2.75, 3.05) is 26.2 Å². The predicted octanol–water partition coefficient (Wildman–Crippen LogP) is 4.09. The highest BCUT2D eigenvalue weighted by Crippen LogP contribution is 2.21. The fraction of sp³-hybridized carbons (Fsp3) is 1.00. The van der Waals surface area contributed by atoms with Crippen molar-refractivity contribution in [1.29, 1.82) is 0 Å². The first-order valence-corrected chi connectivity index (χ1v) is 7.87. The molecule has 1 atom stereocenters. The molecule has 0 N–H and O–H groups in total. The van der Waals surface area contributed by atoms with Crippen molar-refractivity contribution in [3.63, 3.8) is 0 Å². The number of rotatable bonds is 8. The van der Waals surface area contributed by atoms with Gasteiger partial charge in [0.05, 0.1) is 5.60 Å². The lowest BCUT2D eigenvalue weighted by Gasteiger charge is -2.20. The molecule has 1 rings (SSSR count). The molecule has 18 heavy (non-hydrogen) atoms. The lowest BCUT2D eigenvalue weighted by atomic mass is 10.0. The third-order valence-corrected chi connectivity index (χ3v) is 3.74. The molecule has 1 aliphatic rings. The van der Waals surface area contributed by atoms with E-state index in [1.807, 2.05) is 0 Å². The lowest BCUT2D eigenvalue weighted by molar-refractivity contribution is -0.00579. The van der Waals surface area contributed by atoms with Crippen LogP contribution in [0.3, 0.4) is 0 Å². The summed E-state index contributed by atoms with van der Waals surface area (Å²) in [5.41, 5.74) is 0.0296. The summed E-state index contributed by atoms with van der Waals surface area (Å²) in [5.74, 6) is 0.926. The quantitative estimate of drug-likeness (QED) is 0.606. The third kappa shape index (κ3) is 7.38. The summed E-state index contributed by atoms with van der Waals surface area (Å²) in [6, 6.07) is 0. The zero-order chi connectivity index (χ0) is 13.4. The molecule has 108 valence electrons. The highest BCUT2D eigenvalue weighted by atomic mass is 16.5. The normalized spacial score (nSPS) is 21.7. The van der Waals surface area contributed by atoms with Gasteiger partial charge in [-0.05, 0) is 65.5 Å². The summed E-state index contributed by atoms with van der Waals surface area (Å²) in [6.45, 7) is 13.6. The van der Waals surface area contributed by atoms with Crippen LogP contribution in [-0.2, 0) is 4.74 Å². The standard InChI is InChI=1S/C16H33NO/c1-5-6-7-11-17-12-10-15(14-17)9-8-13-18-16(2,3)4/h15H,5-14H2,1-4H3. The fourth-order valence-electron chi connectivity index (χ4n) is 2.69. The Morgan fingerprint density at radius 3 is 2.61 bits per heavy atom. The van der Waals surface area contributed by atoms with Gasteiger partial charge in [0.25, 0.3) is 0 Å². The maximum atomic E-state index is 5.78. The van der Waals surface area contributed by atoms with E-state index in [1.54, 1.807) is 0 Å². The number of ether oxygens (including phenoxy) is 1. The van der Waals surface area contributed by atoms with E-state index < -0.39 is 0 Å². The first kappa shape index (κ1) is 16.0. The SMILES string of the molecule is CCCCCN1CCC(CCCOC(C)(C)C)C1. The molecule has 1 saturated heterocycles. The van der Waals surface area contributed by atoms with Crippen molar-refractivity contribution in [3.8, 4) is 0 Å². The molecule has 0 aliphatic carbocycles. The molecular weight excluding hydrogens is 222 g/mol. The molecule has 0 amide bonds. The Bertz CT molecular complexity index is 210. The molecule has 0 spiro atoms. The molecule has 0 aromatic carbocycles. The molecule has 0 bridgehead atoms. The molecule has 2 nitrogen and oxygen atoms in total. The molecule has 1 heterocycles. The predicted molar refractivity (Wildman–Crippen MR) is 79.0 cm³/mol. The van der Waals surface area contributed by atoms with Crippen molar-refractivity contribution in [2.24, 2.45) is 5.92 Å². The summed E-state index contributed by atoms with van der Waals surface area (Å²) in [4.78, 5) is 2.66. The van der Waals surface area contributed by atoms with Gasteiger partial charge in [0.15, 0.2) is 0 Å². The van der Waals surface area contributed by atoms with Gasteiger partial charge in [-0.25, -0.2) is 0 Å². The zero-order valence-electron chi connectivity index (χ0n) is 13.0. The van der Waals surface area contributed by atoms with Crippen LogP contribution in [0.4, 0.5) is 0 Å². The Hall–Kier alpha value is -0.0800. The van der Waals surface area contributed by atoms with Crippen LogP contribution in [-0.4, -0.2) is 36.7 Å². The van der Waals surface area contributed by atoms with E-state index >= 15 is 0 Å². The van der Waals surface area contributed by atoms with Gasteiger partial charge in [-0.2, -0.15) is 0 Å². The van der Waals surface area contributed by atoms with E-state index in [-0.39, 0.29) is 5.60 Å². The summed E-state index contributed by atoms with van der Waals surface area (Å²) in [7, 11) is 0. The van der Waals surface area contributed by atoms with Gasteiger partial charge in [0, 0.05) is 13.2 Å². The Labute approximate surface area is 114 Å². The molecule has 0 aromatic rings. The average molecular weight is 255 g/mol. The number of likely N-dealkylation sites (tertiary alicyclic amines) is 1. The maximum absolute atomic E-state index is 5.78. The van der Waals surface area contributed by atoms with E-state index in [0.717, 1.165) is 12.5 Å². The van der Waals surface area contributed by atoms with Crippen LogP contribution in [0.15, 0.2) is 0 Å². The minimum absolute atomic E-state index is 0.0296. The smallest absolute Gasteiger partial charge is 0.0598 e. The van der Waals surface area contributed by atoms with Crippen molar-refractivity contribution in [3.05, 3.63) is 0 Å². The molecular formula is C16H33NO. The van der Waals surface area contributed by atoms with E-state index in [0.29, 0.717) is 0 Å². The molecule has 0 saturated carbocycles. The van der Waals surface area contributed by atoms with Crippen LogP contribution in [0.25, 0.3) is 0 Å². The van der Waals surface area contributed by atoms with Crippen LogP contribution in [0, 0.1) is 5.92 Å². The summed E-state index contributed by atoms with van der Waals surface area (Å²) in [6.07, 6.45) is 8.09. The maximum Gasteiger partial charge on any atom is 0.0598 e. The van der Waals surface area contributed by atoms with Crippen molar-refractivity contribution < 1.29 is 4.74 Å². The molecule has 1 unspecified atom stereocenters. The van der Waals surface area contributed by atoms with Gasteiger partial charge in [-0.1, -0.05) is 19.8 Å². The van der Waals surface area contributed by atoms with Gasteiger partial charge in [-0.15, -0.1) is 0 Å². The number of nitrogens with zero attached hydrogens (tertiary/aromatic N) is 1. The van der Waals surface area contributed by atoms with Gasteiger partial charge < -0.3 is 9.64 Å². The Morgan fingerprint density at radius 1 is 1.17 bits per heavy atom.